The van der Waals surface area contributed by atoms with Gasteiger partial charge in [0.05, 0.1) is 0 Å². The standard InChI is InChI=1S/C13H18FNS/c1-15-13(10-5-4-8-16-9-10)11-6-2-3-7-12(11)14/h2-3,6-7,10,13,15H,4-5,8-9H2,1H3. The van der Waals surface area contributed by atoms with E-state index in [1.807, 2.05) is 30.9 Å². The quantitative estimate of drug-likeness (QED) is 0.869. The molecule has 0 aliphatic carbocycles. The summed E-state index contributed by atoms with van der Waals surface area (Å²) in [5.41, 5.74) is 0.817. The average molecular weight is 239 g/mol. The van der Waals surface area contributed by atoms with Gasteiger partial charge in [0.25, 0.3) is 0 Å². The van der Waals surface area contributed by atoms with Crippen molar-refractivity contribution in [1.82, 2.24) is 5.32 Å². The van der Waals surface area contributed by atoms with Crippen molar-refractivity contribution in [3.05, 3.63) is 35.6 Å². The zero-order valence-electron chi connectivity index (χ0n) is 9.58. The van der Waals surface area contributed by atoms with Crippen molar-refractivity contribution in [3.63, 3.8) is 0 Å². The first-order chi connectivity index (χ1) is 7.83. The van der Waals surface area contributed by atoms with Gasteiger partial charge >= 0.3 is 0 Å². The first-order valence-electron chi connectivity index (χ1n) is 5.82. The first kappa shape index (κ1) is 11.9. The first-order valence-corrected chi connectivity index (χ1v) is 6.98. The molecule has 3 heteroatoms. The molecule has 1 fully saturated rings. The molecule has 1 N–H and O–H groups in total. The minimum Gasteiger partial charge on any atom is -0.313 e. The van der Waals surface area contributed by atoms with Crippen LogP contribution in [0, 0.1) is 11.7 Å². The van der Waals surface area contributed by atoms with Crippen molar-refractivity contribution < 1.29 is 4.39 Å². The van der Waals surface area contributed by atoms with Crippen LogP contribution < -0.4 is 5.32 Å². The van der Waals surface area contributed by atoms with E-state index in [-0.39, 0.29) is 11.9 Å². The predicted octanol–water partition coefficient (Wildman–Crippen LogP) is 3.23. The van der Waals surface area contributed by atoms with Gasteiger partial charge in [-0.25, -0.2) is 4.39 Å². The molecule has 1 aliphatic rings. The third-order valence-corrected chi connectivity index (χ3v) is 4.46. The lowest BCUT2D eigenvalue weighted by molar-refractivity contribution is 0.373. The highest BCUT2D eigenvalue weighted by Gasteiger charge is 2.25. The van der Waals surface area contributed by atoms with Crippen LogP contribution in [0.15, 0.2) is 24.3 Å². The number of thioether (sulfide) groups is 1. The number of hydrogen-bond donors (Lipinski definition) is 1. The second-order valence-electron chi connectivity index (χ2n) is 4.27. The van der Waals surface area contributed by atoms with Crippen LogP contribution in [0.4, 0.5) is 4.39 Å². The van der Waals surface area contributed by atoms with Crippen molar-refractivity contribution in [2.45, 2.75) is 18.9 Å². The molecule has 1 aliphatic heterocycles. The molecular formula is C13H18FNS. The van der Waals surface area contributed by atoms with Crippen LogP contribution in [-0.4, -0.2) is 18.6 Å². The van der Waals surface area contributed by atoms with E-state index in [9.17, 15) is 4.39 Å². The Balaban J connectivity index is 2.18. The SMILES string of the molecule is CNC(c1ccccc1F)C1CCCSC1. The fourth-order valence-electron chi connectivity index (χ4n) is 2.40. The smallest absolute Gasteiger partial charge is 0.127 e. The van der Waals surface area contributed by atoms with Gasteiger partial charge in [-0.05, 0) is 43.4 Å². The second-order valence-corrected chi connectivity index (χ2v) is 5.41. The lowest BCUT2D eigenvalue weighted by Crippen LogP contribution is -2.29. The zero-order valence-corrected chi connectivity index (χ0v) is 10.4. The van der Waals surface area contributed by atoms with Gasteiger partial charge in [-0.15, -0.1) is 0 Å². The van der Waals surface area contributed by atoms with Crippen molar-refractivity contribution >= 4 is 11.8 Å². The highest BCUT2D eigenvalue weighted by atomic mass is 32.2. The summed E-state index contributed by atoms with van der Waals surface area (Å²) in [7, 11) is 1.93. The largest absolute Gasteiger partial charge is 0.313 e. The number of halogens is 1. The maximum Gasteiger partial charge on any atom is 0.127 e. The van der Waals surface area contributed by atoms with E-state index in [0.717, 1.165) is 11.3 Å². The molecule has 1 aromatic rings. The van der Waals surface area contributed by atoms with Gasteiger partial charge in [-0.2, -0.15) is 11.8 Å². The Kier molecular flexibility index (Phi) is 4.24. The van der Waals surface area contributed by atoms with E-state index >= 15 is 0 Å². The highest BCUT2D eigenvalue weighted by Crippen LogP contribution is 2.33. The molecule has 2 atom stereocenters. The molecule has 16 heavy (non-hydrogen) atoms. The molecule has 1 aromatic carbocycles. The van der Waals surface area contributed by atoms with Gasteiger partial charge in [0, 0.05) is 11.6 Å². The van der Waals surface area contributed by atoms with Crippen LogP contribution in [0.3, 0.4) is 0 Å². The van der Waals surface area contributed by atoms with E-state index in [0.29, 0.717) is 5.92 Å². The Labute approximate surface area is 101 Å². The molecule has 0 saturated carbocycles. The summed E-state index contributed by atoms with van der Waals surface area (Å²) >= 11 is 1.98. The molecule has 0 radical (unpaired) electrons. The molecule has 0 spiro atoms. The average Bonchev–Trinajstić information content (AvgIpc) is 2.34. The van der Waals surface area contributed by atoms with Gasteiger partial charge in [0.15, 0.2) is 0 Å². The number of nitrogens with one attached hydrogen (secondary N) is 1. The fourth-order valence-corrected chi connectivity index (χ4v) is 3.60. The maximum absolute atomic E-state index is 13.7. The van der Waals surface area contributed by atoms with Crippen molar-refractivity contribution in [2.75, 3.05) is 18.6 Å². The molecular weight excluding hydrogens is 221 g/mol. The van der Waals surface area contributed by atoms with Crippen molar-refractivity contribution in [3.8, 4) is 0 Å². The summed E-state index contributed by atoms with van der Waals surface area (Å²) in [6.45, 7) is 0. The van der Waals surface area contributed by atoms with E-state index < -0.39 is 0 Å². The fraction of sp³-hybridized carbons (Fsp3) is 0.538. The van der Waals surface area contributed by atoms with E-state index in [2.05, 4.69) is 5.32 Å². The number of benzene rings is 1. The molecule has 2 unspecified atom stereocenters. The van der Waals surface area contributed by atoms with E-state index in [1.54, 1.807) is 12.1 Å². The van der Waals surface area contributed by atoms with Crippen LogP contribution in [0.25, 0.3) is 0 Å². The minimum absolute atomic E-state index is 0.0857. The maximum atomic E-state index is 13.7. The topological polar surface area (TPSA) is 12.0 Å². The Hall–Kier alpha value is -0.540. The van der Waals surface area contributed by atoms with Crippen LogP contribution >= 0.6 is 11.8 Å². The number of rotatable bonds is 3. The summed E-state index contributed by atoms with van der Waals surface area (Å²) in [5, 5.41) is 3.28. The van der Waals surface area contributed by atoms with Gasteiger partial charge in [0.1, 0.15) is 5.82 Å². The molecule has 0 bridgehead atoms. The van der Waals surface area contributed by atoms with Gasteiger partial charge in [-0.1, -0.05) is 18.2 Å². The van der Waals surface area contributed by atoms with Crippen molar-refractivity contribution in [2.24, 2.45) is 5.92 Å². The Morgan fingerprint density at radius 2 is 2.25 bits per heavy atom. The molecule has 2 rings (SSSR count). The number of hydrogen-bond acceptors (Lipinski definition) is 2. The highest BCUT2D eigenvalue weighted by molar-refractivity contribution is 7.99. The molecule has 1 heterocycles. The third kappa shape index (κ3) is 2.58. The van der Waals surface area contributed by atoms with E-state index in [4.69, 9.17) is 0 Å². The predicted molar refractivity (Wildman–Crippen MR) is 68.2 cm³/mol. The molecule has 1 nitrogen and oxygen atoms in total. The molecule has 88 valence electrons. The zero-order chi connectivity index (χ0) is 11.4. The Bertz CT molecular complexity index is 336. The normalized spacial score (nSPS) is 23.0. The summed E-state index contributed by atoms with van der Waals surface area (Å²) in [4.78, 5) is 0. The monoisotopic (exact) mass is 239 g/mol. The third-order valence-electron chi connectivity index (χ3n) is 3.22. The lowest BCUT2D eigenvalue weighted by atomic mass is 9.90. The summed E-state index contributed by atoms with van der Waals surface area (Å²) < 4.78 is 13.7. The summed E-state index contributed by atoms with van der Waals surface area (Å²) in [6, 6.07) is 7.28. The summed E-state index contributed by atoms with van der Waals surface area (Å²) in [5.74, 6) is 2.86. The minimum atomic E-state index is -0.0857. The van der Waals surface area contributed by atoms with Crippen LogP contribution in [-0.2, 0) is 0 Å². The van der Waals surface area contributed by atoms with Crippen LogP contribution in [0.5, 0.6) is 0 Å². The lowest BCUT2D eigenvalue weighted by Gasteiger charge is -2.30. The van der Waals surface area contributed by atoms with E-state index in [1.165, 1.54) is 18.6 Å². The van der Waals surface area contributed by atoms with Gasteiger partial charge in [0.2, 0.25) is 0 Å². The van der Waals surface area contributed by atoms with Crippen molar-refractivity contribution in [1.29, 1.82) is 0 Å². The molecule has 1 saturated heterocycles. The molecule has 0 aromatic heterocycles. The van der Waals surface area contributed by atoms with Gasteiger partial charge < -0.3 is 5.32 Å². The van der Waals surface area contributed by atoms with Crippen LogP contribution in [0.2, 0.25) is 0 Å². The van der Waals surface area contributed by atoms with Crippen LogP contribution in [0.1, 0.15) is 24.4 Å². The summed E-state index contributed by atoms with van der Waals surface area (Å²) in [6.07, 6.45) is 2.45. The Morgan fingerprint density at radius 3 is 2.88 bits per heavy atom. The van der Waals surface area contributed by atoms with Gasteiger partial charge in [-0.3, -0.25) is 0 Å². The second kappa shape index (κ2) is 5.69. The molecule has 0 amide bonds. The Morgan fingerprint density at radius 1 is 1.44 bits per heavy atom.